The Kier molecular flexibility index (Phi) is 5.49. The molecule has 0 unspecified atom stereocenters. The van der Waals surface area contributed by atoms with Gasteiger partial charge >= 0.3 is 5.97 Å². The third-order valence-electron chi connectivity index (χ3n) is 3.66. The Morgan fingerprint density at radius 1 is 1.27 bits per heavy atom. The lowest BCUT2D eigenvalue weighted by atomic mass is 10.2. The van der Waals surface area contributed by atoms with Gasteiger partial charge in [-0.25, -0.2) is 4.79 Å². The van der Waals surface area contributed by atoms with E-state index in [0.717, 1.165) is 10.5 Å². The molecule has 0 aliphatic carbocycles. The van der Waals surface area contributed by atoms with Gasteiger partial charge in [0.1, 0.15) is 0 Å². The molecule has 0 radical (unpaired) electrons. The van der Waals surface area contributed by atoms with E-state index in [4.69, 9.17) is 16.3 Å². The van der Waals surface area contributed by atoms with Crippen LogP contribution in [0, 0.1) is 6.92 Å². The highest BCUT2D eigenvalue weighted by Crippen LogP contribution is 2.32. The quantitative estimate of drug-likeness (QED) is 0.780. The van der Waals surface area contributed by atoms with Crippen LogP contribution in [0.4, 0.5) is 11.4 Å². The van der Waals surface area contributed by atoms with Crippen molar-refractivity contribution >= 4 is 52.5 Å². The summed E-state index contributed by atoms with van der Waals surface area (Å²) in [6.07, 6.45) is 0. The SMILES string of the molecule is Cc1ccc(Cl)cc1NC(=O)COC(=O)c1ccc2c(c1)NC(=O)CS2. The zero-order chi connectivity index (χ0) is 18.7. The molecule has 1 aliphatic heterocycles. The van der Waals surface area contributed by atoms with E-state index in [1.54, 1.807) is 36.4 Å². The van der Waals surface area contributed by atoms with Gasteiger partial charge in [-0.15, -0.1) is 11.8 Å². The first-order chi connectivity index (χ1) is 12.4. The van der Waals surface area contributed by atoms with Gasteiger partial charge in [-0.05, 0) is 42.8 Å². The Balaban J connectivity index is 1.60. The molecule has 0 spiro atoms. The zero-order valence-electron chi connectivity index (χ0n) is 13.8. The minimum atomic E-state index is -0.643. The lowest BCUT2D eigenvalue weighted by Gasteiger charge is -2.16. The predicted octanol–water partition coefficient (Wildman–Crippen LogP) is 3.49. The number of ether oxygens (including phenoxy) is 1. The molecular weight excluding hydrogens is 376 g/mol. The first kappa shape index (κ1) is 18.3. The third-order valence-corrected chi connectivity index (χ3v) is 4.96. The summed E-state index contributed by atoms with van der Waals surface area (Å²) < 4.78 is 5.05. The number of esters is 1. The summed E-state index contributed by atoms with van der Waals surface area (Å²) in [5.74, 6) is -0.884. The molecule has 2 N–H and O–H groups in total. The number of anilines is 2. The molecule has 8 heteroatoms. The fourth-order valence-corrected chi connectivity index (χ4v) is 3.30. The van der Waals surface area contributed by atoms with E-state index in [2.05, 4.69) is 10.6 Å². The fraction of sp³-hybridized carbons (Fsp3) is 0.167. The second kappa shape index (κ2) is 7.80. The van der Waals surface area contributed by atoms with Crippen LogP contribution in [0.15, 0.2) is 41.3 Å². The number of amides is 2. The Morgan fingerprint density at radius 3 is 2.88 bits per heavy atom. The van der Waals surface area contributed by atoms with Crippen molar-refractivity contribution in [3.05, 3.63) is 52.5 Å². The summed E-state index contributed by atoms with van der Waals surface area (Å²) in [6, 6.07) is 10.0. The van der Waals surface area contributed by atoms with Gasteiger partial charge in [0.05, 0.1) is 17.0 Å². The molecule has 2 aromatic carbocycles. The van der Waals surface area contributed by atoms with Gasteiger partial charge in [-0.1, -0.05) is 17.7 Å². The highest BCUT2D eigenvalue weighted by molar-refractivity contribution is 8.00. The highest BCUT2D eigenvalue weighted by Gasteiger charge is 2.18. The second-order valence-corrected chi connectivity index (χ2v) is 7.08. The number of hydrogen-bond acceptors (Lipinski definition) is 5. The fourth-order valence-electron chi connectivity index (χ4n) is 2.34. The molecule has 26 heavy (non-hydrogen) atoms. The third kappa shape index (κ3) is 4.36. The van der Waals surface area contributed by atoms with Gasteiger partial charge in [-0.3, -0.25) is 9.59 Å². The van der Waals surface area contributed by atoms with Crippen LogP contribution in [0.2, 0.25) is 5.02 Å². The van der Waals surface area contributed by atoms with Crippen molar-refractivity contribution in [3.8, 4) is 0 Å². The van der Waals surface area contributed by atoms with Crippen LogP contribution in [-0.4, -0.2) is 30.1 Å². The predicted molar refractivity (Wildman–Crippen MR) is 101 cm³/mol. The van der Waals surface area contributed by atoms with Gasteiger partial charge in [0.15, 0.2) is 6.61 Å². The normalized spacial score (nSPS) is 12.8. The van der Waals surface area contributed by atoms with E-state index >= 15 is 0 Å². The first-order valence-electron chi connectivity index (χ1n) is 7.72. The summed E-state index contributed by atoms with van der Waals surface area (Å²) in [6.45, 7) is 1.40. The first-order valence-corrected chi connectivity index (χ1v) is 9.08. The summed E-state index contributed by atoms with van der Waals surface area (Å²) in [4.78, 5) is 36.5. The van der Waals surface area contributed by atoms with Crippen LogP contribution in [0.1, 0.15) is 15.9 Å². The number of rotatable bonds is 4. The molecule has 3 rings (SSSR count). The number of halogens is 1. The number of carbonyl (C=O) groups excluding carboxylic acids is 3. The van der Waals surface area contributed by atoms with Crippen molar-refractivity contribution in [1.29, 1.82) is 0 Å². The number of aryl methyl sites for hydroxylation is 1. The van der Waals surface area contributed by atoms with Gasteiger partial charge in [0, 0.05) is 15.6 Å². The molecule has 0 atom stereocenters. The second-order valence-electron chi connectivity index (χ2n) is 5.63. The summed E-state index contributed by atoms with van der Waals surface area (Å²) >= 11 is 7.31. The number of thioether (sulfide) groups is 1. The number of nitrogens with one attached hydrogen (secondary N) is 2. The minimum Gasteiger partial charge on any atom is -0.452 e. The van der Waals surface area contributed by atoms with Crippen molar-refractivity contribution in [2.75, 3.05) is 23.0 Å². The number of benzene rings is 2. The maximum atomic E-state index is 12.1. The molecule has 134 valence electrons. The molecule has 6 nitrogen and oxygen atoms in total. The van der Waals surface area contributed by atoms with Crippen molar-refractivity contribution in [2.45, 2.75) is 11.8 Å². The smallest absolute Gasteiger partial charge is 0.338 e. The molecule has 0 bridgehead atoms. The van der Waals surface area contributed by atoms with E-state index < -0.39 is 18.5 Å². The van der Waals surface area contributed by atoms with Crippen molar-refractivity contribution in [3.63, 3.8) is 0 Å². The van der Waals surface area contributed by atoms with E-state index in [1.807, 2.05) is 6.92 Å². The van der Waals surface area contributed by atoms with Crippen LogP contribution >= 0.6 is 23.4 Å². The van der Waals surface area contributed by atoms with Crippen molar-refractivity contribution in [2.24, 2.45) is 0 Å². The number of hydrogen-bond donors (Lipinski definition) is 2. The van der Waals surface area contributed by atoms with Gasteiger partial charge in [0.2, 0.25) is 5.91 Å². The number of fused-ring (bicyclic) bond motifs is 1. The molecule has 0 saturated heterocycles. The van der Waals surface area contributed by atoms with Gasteiger partial charge in [-0.2, -0.15) is 0 Å². The monoisotopic (exact) mass is 390 g/mol. The molecule has 1 aliphatic rings. The number of carbonyl (C=O) groups is 3. The van der Waals surface area contributed by atoms with Crippen LogP contribution in [0.5, 0.6) is 0 Å². The maximum Gasteiger partial charge on any atom is 0.338 e. The largest absolute Gasteiger partial charge is 0.452 e. The molecular formula is C18H15ClN2O4S. The van der Waals surface area contributed by atoms with Gasteiger partial charge < -0.3 is 15.4 Å². The molecule has 2 amide bonds. The van der Waals surface area contributed by atoms with Gasteiger partial charge in [0.25, 0.3) is 5.91 Å². The van der Waals surface area contributed by atoms with E-state index in [9.17, 15) is 14.4 Å². The Bertz CT molecular complexity index is 901. The van der Waals surface area contributed by atoms with E-state index in [1.165, 1.54) is 11.8 Å². The average molecular weight is 391 g/mol. The molecule has 0 fully saturated rings. The van der Waals surface area contributed by atoms with Crippen LogP contribution in [0.3, 0.4) is 0 Å². The van der Waals surface area contributed by atoms with E-state index in [-0.39, 0.29) is 11.5 Å². The summed E-state index contributed by atoms with van der Waals surface area (Å²) in [5, 5.41) is 5.85. The van der Waals surface area contributed by atoms with Crippen LogP contribution in [0.25, 0.3) is 0 Å². The Labute approximate surface area is 159 Å². The van der Waals surface area contributed by atoms with E-state index in [0.29, 0.717) is 22.2 Å². The standard InChI is InChI=1S/C18H15ClN2O4S/c1-10-2-4-12(19)7-13(10)20-16(22)8-25-18(24)11-3-5-15-14(6-11)21-17(23)9-26-15/h2-7H,8-9H2,1H3,(H,20,22)(H,21,23). The summed E-state index contributed by atoms with van der Waals surface area (Å²) in [5.41, 5.74) is 2.24. The maximum absolute atomic E-state index is 12.1. The summed E-state index contributed by atoms with van der Waals surface area (Å²) in [7, 11) is 0. The molecule has 0 aromatic heterocycles. The molecule has 1 heterocycles. The topological polar surface area (TPSA) is 84.5 Å². The van der Waals surface area contributed by atoms with Crippen LogP contribution < -0.4 is 10.6 Å². The lowest BCUT2D eigenvalue weighted by Crippen LogP contribution is -2.22. The molecule has 2 aromatic rings. The van der Waals surface area contributed by atoms with Crippen LogP contribution in [-0.2, 0) is 14.3 Å². The average Bonchev–Trinajstić information content (AvgIpc) is 2.62. The van der Waals surface area contributed by atoms with Crippen molar-refractivity contribution in [1.82, 2.24) is 0 Å². The van der Waals surface area contributed by atoms with Crippen molar-refractivity contribution < 1.29 is 19.1 Å². The Hall–Kier alpha value is -2.51. The lowest BCUT2D eigenvalue weighted by molar-refractivity contribution is -0.119. The zero-order valence-corrected chi connectivity index (χ0v) is 15.4. The highest BCUT2D eigenvalue weighted by atomic mass is 35.5. The Morgan fingerprint density at radius 2 is 2.08 bits per heavy atom. The minimum absolute atomic E-state index is 0.121. The molecule has 0 saturated carbocycles.